The number of nitriles is 1. The van der Waals surface area contributed by atoms with Crippen LogP contribution < -0.4 is 9.80 Å². The second kappa shape index (κ2) is 8.13. The molecule has 2 aromatic rings. The van der Waals surface area contributed by atoms with Crippen LogP contribution in [0, 0.1) is 36.7 Å². The van der Waals surface area contributed by atoms with Gasteiger partial charge in [0, 0.05) is 11.3 Å². The first-order valence-corrected chi connectivity index (χ1v) is 9.72. The van der Waals surface area contributed by atoms with Crippen LogP contribution in [0.3, 0.4) is 0 Å². The van der Waals surface area contributed by atoms with Crippen LogP contribution in [0.25, 0.3) is 0 Å². The van der Waals surface area contributed by atoms with E-state index >= 15 is 0 Å². The van der Waals surface area contributed by atoms with Crippen LogP contribution in [-0.2, 0) is 13.2 Å². The molecular weight excluding hydrogens is 340 g/mol. The number of nitrogens with zero attached hydrogens (tertiary/aromatic N) is 2. The van der Waals surface area contributed by atoms with E-state index in [0.29, 0.717) is 10.2 Å². The lowest BCUT2D eigenvalue weighted by Crippen LogP contribution is -3.27. The maximum atomic E-state index is 9.37. The molecule has 0 aliphatic carbocycles. The molecule has 1 aliphatic heterocycles. The summed E-state index contributed by atoms with van der Waals surface area (Å²) in [6.07, 6.45) is 0. The molecule has 0 radical (unpaired) electrons. The molecule has 0 saturated carbocycles. The van der Waals surface area contributed by atoms with Gasteiger partial charge in [-0.15, -0.1) is 0 Å². The second-order valence-corrected chi connectivity index (χ2v) is 7.90. The first-order chi connectivity index (χ1) is 12.5. The van der Waals surface area contributed by atoms with Gasteiger partial charge in [0.1, 0.15) is 43.4 Å². The topological polar surface area (TPSA) is 37.6 Å². The normalized spacial score (nSPS) is 19.9. The SMILES string of the molecule is Cc1cccc(C[NH+]2CC[NH+](Cn3c(C)cc(C)c(C#N)c3=S)CC2)c1. The lowest BCUT2D eigenvalue weighted by Gasteiger charge is -2.30. The van der Waals surface area contributed by atoms with E-state index in [1.807, 2.05) is 6.92 Å². The van der Waals surface area contributed by atoms with Crippen molar-refractivity contribution in [1.29, 1.82) is 5.26 Å². The summed E-state index contributed by atoms with van der Waals surface area (Å²) in [5, 5.41) is 9.37. The van der Waals surface area contributed by atoms with E-state index in [9.17, 15) is 5.26 Å². The minimum Gasteiger partial charge on any atom is -0.322 e. The third-order valence-electron chi connectivity index (χ3n) is 5.40. The van der Waals surface area contributed by atoms with Crippen molar-refractivity contribution in [1.82, 2.24) is 4.57 Å². The van der Waals surface area contributed by atoms with E-state index in [4.69, 9.17) is 12.2 Å². The van der Waals surface area contributed by atoms with Crippen LogP contribution in [0.4, 0.5) is 0 Å². The summed E-state index contributed by atoms with van der Waals surface area (Å²) in [5.41, 5.74) is 5.54. The van der Waals surface area contributed by atoms with Crippen molar-refractivity contribution in [3.63, 3.8) is 0 Å². The average Bonchev–Trinajstić information content (AvgIpc) is 2.60. The Labute approximate surface area is 161 Å². The van der Waals surface area contributed by atoms with Gasteiger partial charge in [-0.25, -0.2) is 0 Å². The molecule has 1 aromatic heterocycles. The highest BCUT2D eigenvalue weighted by molar-refractivity contribution is 7.71. The monoisotopic (exact) mass is 368 g/mol. The smallest absolute Gasteiger partial charge is 0.158 e. The molecule has 1 aliphatic rings. The van der Waals surface area contributed by atoms with E-state index < -0.39 is 0 Å². The van der Waals surface area contributed by atoms with Gasteiger partial charge in [0.2, 0.25) is 0 Å². The Kier molecular flexibility index (Phi) is 5.87. The lowest BCUT2D eigenvalue weighted by atomic mass is 10.1. The van der Waals surface area contributed by atoms with Crippen LogP contribution >= 0.6 is 12.2 Å². The Balaban J connectivity index is 1.63. The molecule has 2 heterocycles. The number of hydrogen-bond acceptors (Lipinski definition) is 2. The second-order valence-electron chi connectivity index (χ2n) is 7.51. The summed E-state index contributed by atoms with van der Waals surface area (Å²) in [4.78, 5) is 3.20. The molecule has 1 aromatic carbocycles. The highest BCUT2D eigenvalue weighted by Gasteiger charge is 2.24. The highest BCUT2D eigenvalue weighted by Crippen LogP contribution is 2.12. The first kappa shape index (κ1) is 18.8. The van der Waals surface area contributed by atoms with Crippen molar-refractivity contribution in [2.24, 2.45) is 0 Å². The number of nitrogens with one attached hydrogen (secondary N) is 2. The fraction of sp³-hybridized carbons (Fsp3) is 0.429. The van der Waals surface area contributed by atoms with Crippen LogP contribution in [-0.4, -0.2) is 30.7 Å². The van der Waals surface area contributed by atoms with Crippen molar-refractivity contribution in [3.05, 3.63) is 62.9 Å². The van der Waals surface area contributed by atoms with Gasteiger partial charge in [0.25, 0.3) is 0 Å². The van der Waals surface area contributed by atoms with Crippen molar-refractivity contribution < 1.29 is 9.80 Å². The number of aromatic nitrogens is 1. The number of quaternary nitrogens is 2. The summed E-state index contributed by atoms with van der Waals surface area (Å²) in [6.45, 7) is 12.8. The molecule has 0 amide bonds. The Bertz CT molecular complexity index is 886. The zero-order valence-electron chi connectivity index (χ0n) is 15.9. The number of rotatable bonds is 4. The van der Waals surface area contributed by atoms with Crippen molar-refractivity contribution in [3.8, 4) is 6.07 Å². The van der Waals surface area contributed by atoms with E-state index in [1.165, 1.54) is 24.2 Å². The van der Waals surface area contributed by atoms with Crippen LogP contribution in [0.5, 0.6) is 0 Å². The van der Waals surface area contributed by atoms with E-state index in [-0.39, 0.29) is 0 Å². The molecule has 2 N–H and O–H groups in total. The average molecular weight is 369 g/mol. The van der Waals surface area contributed by atoms with Crippen LogP contribution in [0.2, 0.25) is 0 Å². The zero-order valence-corrected chi connectivity index (χ0v) is 16.7. The predicted octanol–water partition coefficient (Wildman–Crippen LogP) is 0.956. The predicted molar refractivity (Wildman–Crippen MR) is 106 cm³/mol. The molecule has 0 atom stereocenters. The van der Waals surface area contributed by atoms with Gasteiger partial charge in [0.05, 0.1) is 5.56 Å². The van der Waals surface area contributed by atoms with Crippen molar-refractivity contribution in [2.75, 3.05) is 26.2 Å². The quantitative estimate of drug-likeness (QED) is 0.789. The Hall–Kier alpha value is -2.00. The number of pyridine rings is 1. The van der Waals surface area contributed by atoms with Crippen LogP contribution in [0.1, 0.15) is 27.9 Å². The summed E-state index contributed by atoms with van der Waals surface area (Å²) in [6, 6.07) is 13.2. The minimum atomic E-state index is 0.647. The Morgan fingerprint density at radius 2 is 1.77 bits per heavy atom. The van der Waals surface area contributed by atoms with Crippen molar-refractivity contribution >= 4 is 12.2 Å². The van der Waals surface area contributed by atoms with Gasteiger partial charge in [-0.2, -0.15) is 5.26 Å². The maximum absolute atomic E-state index is 9.37. The fourth-order valence-electron chi connectivity index (χ4n) is 3.89. The molecule has 1 fully saturated rings. The molecule has 1 saturated heterocycles. The third kappa shape index (κ3) is 4.21. The van der Waals surface area contributed by atoms with Crippen LogP contribution in [0.15, 0.2) is 30.3 Å². The number of piperazine rings is 1. The Morgan fingerprint density at radius 1 is 1.08 bits per heavy atom. The fourth-order valence-corrected chi connectivity index (χ4v) is 4.30. The zero-order chi connectivity index (χ0) is 18.7. The van der Waals surface area contributed by atoms with Gasteiger partial charge in [0.15, 0.2) is 6.67 Å². The third-order valence-corrected chi connectivity index (χ3v) is 5.82. The van der Waals surface area contributed by atoms with Gasteiger partial charge in [-0.05, 0) is 32.4 Å². The maximum Gasteiger partial charge on any atom is 0.158 e. The minimum absolute atomic E-state index is 0.647. The Morgan fingerprint density at radius 3 is 2.42 bits per heavy atom. The lowest BCUT2D eigenvalue weighted by molar-refractivity contribution is -1.03. The number of benzene rings is 1. The van der Waals surface area contributed by atoms with E-state index in [2.05, 4.69) is 54.8 Å². The standard InChI is InChI=1S/C21H26N4S/c1-16-5-4-6-19(11-16)14-23-7-9-24(10-8-23)15-25-18(3)12-17(2)20(13-22)21(25)26/h4-6,11-12H,7-10,14-15H2,1-3H3/p+2. The number of hydrogen-bond donors (Lipinski definition) is 2. The van der Waals surface area contributed by atoms with Crippen molar-refractivity contribution in [2.45, 2.75) is 34.0 Å². The number of aryl methyl sites for hydroxylation is 3. The summed E-state index contributed by atoms with van der Waals surface area (Å²) in [5.74, 6) is 0. The largest absolute Gasteiger partial charge is 0.322 e. The molecule has 26 heavy (non-hydrogen) atoms. The molecule has 5 heteroatoms. The van der Waals surface area contributed by atoms with Gasteiger partial charge < -0.3 is 9.80 Å². The summed E-state index contributed by atoms with van der Waals surface area (Å²) in [7, 11) is 0. The molecule has 136 valence electrons. The molecular formula is C21H28N4S+2. The summed E-state index contributed by atoms with van der Waals surface area (Å²) >= 11 is 5.58. The highest BCUT2D eigenvalue weighted by atomic mass is 32.1. The van der Waals surface area contributed by atoms with E-state index in [0.717, 1.165) is 37.6 Å². The first-order valence-electron chi connectivity index (χ1n) is 9.31. The molecule has 0 unspecified atom stereocenters. The molecule has 0 spiro atoms. The summed E-state index contributed by atoms with van der Waals surface area (Å²) < 4.78 is 2.83. The molecule has 3 rings (SSSR count). The van der Waals surface area contributed by atoms with Gasteiger partial charge in [-0.1, -0.05) is 42.0 Å². The molecule has 4 nitrogen and oxygen atoms in total. The van der Waals surface area contributed by atoms with Gasteiger partial charge in [-0.3, -0.25) is 4.57 Å². The molecule has 0 bridgehead atoms. The van der Waals surface area contributed by atoms with E-state index in [1.54, 1.807) is 9.80 Å². The van der Waals surface area contributed by atoms with Gasteiger partial charge >= 0.3 is 0 Å².